The van der Waals surface area contributed by atoms with Crippen LogP contribution in [0.25, 0.3) is 0 Å². The number of nitrogens with two attached hydrogens (primary N) is 1. The van der Waals surface area contributed by atoms with Gasteiger partial charge in [-0.2, -0.15) is 0 Å². The van der Waals surface area contributed by atoms with Gasteiger partial charge < -0.3 is 16.2 Å². The van der Waals surface area contributed by atoms with E-state index in [-0.39, 0.29) is 18.0 Å². The molecule has 20 heavy (non-hydrogen) atoms. The number of carbonyl (C=O) groups is 2. The first kappa shape index (κ1) is 14.5. The van der Waals surface area contributed by atoms with Gasteiger partial charge in [0.05, 0.1) is 23.4 Å². The van der Waals surface area contributed by atoms with E-state index in [9.17, 15) is 14.7 Å². The number of likely N-dealkylation sites (tertiary alicyclic amines) is 1. The Balaban J connectivity index is 1.92. The summed E-state index contributed by atoms with van der Waals surface area (Å²) < 4.78 is 0. The van der Waals surface area contributed by atoms with Gasteiger partial charge in [-0.3, -0.25) is 14.5 Å². The number of anilines is 1. The van der Waals surface area contributed by atoms with Gasteiger partial charge in [0.1, 0.15) is 0 Å². The van der Waals surface area contributed by atoms with Crippen LogP contribution in [0.5, 0.6) is 0 Å². The summed E-state index contributed by atoms with van der Waals surface area (Å²) in [6, 6.07) is 6.61. The third-order valence-corrected chi connectivity index (χ3v) is 3.53. The molecule has 1 aromatic carbocycles. The van der Waals surface area contributed by atoms with Crippen LogP contribution in [0.2, 0.25) is 0 Å². The van der Waals surface area contributed by atoms with Crippen LogP contribution in [0.1, 0.15) is 23.7 Å². The number of β-amino-alcohol motifs (C(OH)–C–C–N with tert-alkyl or cyclic N) is 1. The molecule has 2 rings (SSSR count). The van der Waals surface area contributed by atoms with E-state index in [0.29, 0.717) is 25.2 Å². The predicted octanol–water partition coefficient (Wildman–Crippen LogP) is 0.181. The van der Waals surface area contributed by atoms with Crippen molar-refractivity contribution in [3.8, 4) is 0 Å². The smallest absolute Gasteiger partial charge is 0.250 e. The quantitative estimate of drug-likeness (QED) is 0.715. The molecule has 1 fully saturated rings. The Bertz CT molecular complexity index is 524. The molecule has 4 N–H and O–H groups in total. The molecule has 6 heteroatoms. The lowest BCUT2D eigenvalue weighted by Gasteiger charge is -2.45. The van der Waals surface area contributed by atoms with Gasteiger partial charge in [-0.25, -0.2) is 0 Å². The molecule has 0 aliphatic carbocycles. The van der Waals surface area contributed by atoms with Crippen LogP contribution < -0.4 is 11.1 Å². The van der Waals surface area contributed by atoms with Crippen molar-refractivity contribution in [1.29, 1.82) is 0 Å². The first-order valence-corrected chi connectivity index (χ1v) is 6.57. The number of para-hydroxylation sites is 1. The molecule has 0 bridgehead atoms. The number of amides is 2. The molecule has 1 aromatic rings. The average Bonchev–Trinajstić information content (AvgIpc) is 2.37. The minimum atomic E-state index is -0.661. The second-order valence-electron chi connectivity index (χ2n) is 5.18. The SMILES string of the molecule is CCC1(O)CN(CC(=O)Nc2ccccc2C(N)=O)C1. The molecular formula is C14H19N3O3. The Hall–Kier alpha value is -1.92. The predicted molar refractivity (Wildman–Crippen MR) is 75.3 cm³/mol. The summed E-state index contributed by atoms with van der Waals surface area (Å²) in [6.07, 6.45) is 0.676. The maximum Gasteiger partial charge on any atom is 0.250 e. The summed E-state index contributed by atoms with van der Waals surface area (Å²) >= 11 is 0. The van der Waals surface area contributed by atoms with Crippen LogP contribution in [0.4, 0.5) is 5.69 Å². The van der Waals surface area contributed by atoms with E-state index in [1.165, 1.54) is 0 Å². The van der Waals surface area contributed by atoms with Crippen LogP contribution in [-0.2, 0) is 4.79 Å². The van der Waals surface area contributed by atoms with Gasteiger partial charge in [0.25, 0.3) is 5.91 Å². The zero-order valence-corrected chi connectivity index (χ0v) is 11.4. The summed E-state index contributed by atoms with van der Waals surface area (Å²) in [5.74, 6) is -0.804. The van der Waals surface area contributed by atoms with Crippen LogP contribution >= 0.6 is 0 Å². The Labute approximate surface area is 117 Å². The Morgan fingerprint density at radius 3 is 2.65 bits per heavy atom. The molecule has 1 saturated heterocycles. The lowest BCUT2D eigenvalue weighted by molar-refractivity contribution is -0.128. The highest BCUT2D eigenvalue weighted by atomic mass is 16.3. The molecule has 108 valence electrons. The van der Waals surface area contributed by atoms with Gasteiger partial charge in [0.2, 0.25) is 5.91 Å². The Morgan fingerprint density at radius 2 is 2.05 bits per heavy atom. The van der Waals surface area contributed by atoms with Crippen molar-refractivity contribution in [1.82, 2.24) is 4.90 Å². The molecule has 0 atom stereocenters. The van der Waals surface area contributed by atoms with Gasteiger partial charge in [0.15, 0.2) is 0 Å². The van der Waals surface area contributed by atoms with E-state index in [4.69, 9.17) is 5.73 Å². The highest BCUT2D eigenvalue weighted by Gasteiger charge is 2.39. The standard InChI is InChI=1S/C14H19N3O3/c1-2-14(20)8-17(9-14)7-12(18)16-11-6-4-3-5-10(11)13(15)19/h3-6,20H,2,7-9H2,1H3,(H2,15,19)(H,16,18). The molecule has 1 aliphatic rings. The number of hydrogen-bond donors (Lipinski definition) is 3. The Morgan fingerprint density at radius 1 is 1.40 bits per heavy atom. The van der Waals surface area contributed by atoms with Crippen LogP contribution in [0, 0.1) is 0 Å². The molecule has 0 radical (unpaired) electrons. The molecule has 0 spiro atoms. The molecular weight excluding hydrogens is 258 g/mol. The van der Waals surface area contributed by atoms with E-state index in [1.54, 1.807) is 24.3 Å². The van der Waals surface area contributed by atoms with Crippen LogP contribution in [0.15, 0.2) is 24.3 Å². The summed E-state index contributed by atoms with van der Waals surface area (Å²) in [6.45, 7) is 3.10. The number of nitrogens with zero attached hydrogens (tertiary/aromatic N) is 1. The maximum absolute atomic E-state index is 11.9. The normalized spacial score (nSPS) is 17.3. The number of hydrogen-bond acceptors (Lipinski definition) is 4. The van der Waals surface area contributed by atoms with Crippen molar-refractivity contribution in [2.24, 2.45) is 5.73 Å². The van der Waals surface area contributed by atoms with E-state index in [1.807, 2.05) is 11.8 Å². The molecule has 1 aliphatic heterocycles. The summed E-state index contributed by atoms with van der Waals surface area (Å²) in [5.41, 5.74) is 5.29. The van der Waals surface area contributed by atoms with Gasteiger partial charge in [-0.15, -0.1) is 0 Å². The van der Waals surface area contributed by atoms with Gasteiger partial charge in [-0.1, -0.05) is 19.1 Å². The number of primary amides is 1. The maximum atomic E-state index is 11.9. The van der Waals surface area contributed by atoms with E-state index in [0.717, 1.165) is 0 Å². The van der Waals surface area contributed by atoms with Crippen molar-refractivity contribution < 1.29 is 14.7 Å². The van der Waals surface area contributed by atoms with Crippen molar-refractivity contribution >= 4 is 17.5 Å². The molecule has 6 nitrogen and oxygen atoms in total. The zero-order chi connectivity index (χ0) is 14.8. The lowest BCUT2D eigenvalue weighted by atomic mass is 9.91. The topological polar surface area (TPSA) is 95.7 Å². The van der Waals surface area contributed by atoms with Gasteiger partial charge >= 0.3 is 0 Å². The second kappa shape index (κ2) is 5.60. The Kier molecular flexibility index (Phi) is 4.06. The fourth-order valence-electron chi connectivity index (χ4n) is 2.32. The third kappa shape index (κ3) is 3.15. The first-order valence-electron chi connectivity index (χ1n) is 6.57. The monoisotopic (exact) mass is 277 g/mol. The number of aliphatic hydroxyl groups is 1. The van der Waals surface area contributed by atoms with Crippen LogP contribution in [0.3, 0.4) is 0 Å². The minimum Gasteiger partial charge on any atom is -0.387 e. The number of carbonyl (C=O) groups excluding carboxylic acids is 2. The minimum absolute atomic E-state index is 0.190. The van der Waals surface area contributed by atoms with Crippen molar-refractivity contribution in [3.63, 3.8) is 0 Å². The number of rotatable bonds is 5. The molecule has 0 saturated carbocycles. The number of benzene rings is 1. The van der Waals surface area contributed by atoms with Crippen molar-refractivity contribution in [2.45, 2.75) is 18.9 Å². The molecule has 1 heterocycles. The largest absolute Gasteiger partial charge is 0.387 e. The number of nitrogens with one attached hydrogen (secondary N) is 1. The first-order chi connectivity index (χ1) is 9.43. The van der Waals surface area contributed by atoms with Crippen molar-refractivity contribution in [3.05, 3.63) is 29.8 Å². The lowest BCUT2D eigenvalue weighted by Crippen LogP contribution is -2.62. The highest BCUT2D eigenvalue weighted by molar-refractivity contribution is 6.03. The molecule has 2 amide bonds. The van der Waals surface area contributed by atoms with E-state index in [2.05, 4.69) is 5.32 Å². The third-order valence-electron chi connectivity index (χ3n) is 3.53. The second-order valence-corrected chi connectivity index (χ2v) is 5.18. The summed E-state index contributed by atoms with van der Waals surface area (Å²) in [7, 11) is 0. The highest BCUT2D eigenvalue weighted by Crippen LogP contribution is 2.23. The fourth-order valence-corrected chi connectivity index (χ4v) is 2.32. The van der Waals surface area contributed by atoms with Crippen molar-refractivity contribution in [2.75, 3.05) is 25.0 Å². The zero-order valence-electron chi connectivity index (χ0n) is 11.4. The van der Waals surface area contributed by atoms with E-state index < -0.39 is 11.5 Å². The average molecular weight is 277 g/mol. The van der Waals surface area contributed by atoms with Gasteiger partial charge in [-0.05, 0) is 18.6 Å². The van der Waals surface area contributed by atoms with Crippen LogP contribution in [-0.4, -0.2) is 47.1 Å². The van der Waals surface area contributed by atoms with E-state index >= 15 is 0 Å². The fraction of sp³-hybridized carbons (Fsp3) is 0.429. The summed E-state index contributed by atoms with van der Waals surface area (Å²) in [4.78, 5) is 25.0. The van der Waals surface area contributed by atoms with Gasteiger partial charge in [0, 0.05) is 13.1 Å². The summed E-state index contributed by atoms with van der Waals surface area (Å²) in [5, 5.41) is 12.5. The molecule has 0 aromatic heterocycles. The molecule has 0 unspecified atom stereocenters.